The number of esters is 1. The van der Waals surface area contributed by atoms with Crippen LogP contribution < -0.4 is 0 Å². The van der Waals surface area contributed by atoms with Crippen molar-refractivity contribution in [1.29, 1.82) is 0 Å². The molecular weight excluding hydrogens is 513 g/mol. The number of ketones is 1. The van der Waals surface area contributed by atoms with Crippen molar-refractivity contribution in [2.45, 2.75) is 79.8 Å². The molecular formula is C29H37F3N2O3S. The fourth-order valence-corrected chi connectivity index (χ4v) is 5.13. The fraction of sp³-hybridized carbons (Fsp3) is 0.517. The van der Waals surface area contributed by atoms with E-state index in [1.54, 1.807) is 20.8 Å². The zero-order valence-corrected chi connectivity index (χ0v) is 23.9. The second kappa shape index (κ2) is 12.9. The molecule has 1 aliphatic carbocycles. The lowest BCUT2D eigenvalue weighted by atomic mass is 9.79. The first-order valence-corrected chi connectivity index (χ1v) is 13.7. The lowest BCUT2D eigenvalue weighted by Crippen LogP contribution is -2.27. The monoisotopic (exact) mass is 550 g/mol. The minimum Gasteiger partial charge on any atom is -0.430 e. The standard InChI is InChI=1S/C29H37F3N2O3S/c1-9-20-13-17(3)14-21(10-2)24(20)25-22(35)15-19(16-23(25)37-26(36)28(5,6)7)11-12-38-27(33-8)34-18(4)29(30,31)32/h13-14,19H,4,8-12,15-16H2,1-3,5-7H3/b34-27+. The van der Waals surface area contributed by atoms with Crippen LogP contribution in [0.4, 0.5) is 13.2 Å². The predicted octanol–water partition coefficient (Wildman–Crippen LogP) is 7.66. The van der Waals surface area contributed by atoms with Gasteiger partial charge in [0.15, 0.2) is 11.0 Å². The number of thioether (sulfide) groups is 1. The van der Waals surface area contributed by atoms with Crippen molar-refractivity contribution in [3.05, 3.63) is 52.4 Å². The molecule has 0 fully saturated rings. The molecule has 1 aromatic rings. The molecule has 38 heavy (non-hydrogen) atoms. The lowest BCUT2D eigenvalue weighted by Gasteiger charge is -2.29. The molecule has 5 nitrogen and oxygen atoms in total. The first-order chi connectivity index (χ1) is 17.6. The Morgan fingerprint density at radius 2 is 1.71 bits per heavy atom. The Morgan fingerprint density at radius 3 is 2.18 bits per heavy atom. The van der Waals surface area contributed by atoms with Gasteiger partial charge in [-0.1, -0.05) is 49.9 Å². The Hall–Kier alpha value is -2.68. The van der Waals surface area contributed by atoms with Crippen LogP contribution in [-0.4, -0.2) is 35.6 Å². The van der Waals surface area contributed by atoms with Crippen LogP contribution in [0.3, 0.4) is 0 Å². The number of ether oxygens (including phenoxy) is 1. The highest BCUT2D eigenvalue weighted by molar-refractivity contribution is 8.13. The summed E-state index contributed by atoms with van der Waals surface area (Å²) in [6, 6.07) is 4.14. The third-order valence-corrected chi connectivity index (χ3v) is 7.16. The minimum absolute atomic E-state index is 0.0996. The van der Waals surface area contributed by atoms with E-state index in [0.29, 0.717) is 29.9 Å². The summed E-state index contributed by atoms with van der Waals surface area (Å²) < 4.78 is 44.2. The Morgan fingerprint density at radius 1 is 1.13 bits per heavy atom. The molecule has 1 aliphatic rings. The second-order valence-corrected chi connectivity index (χ2v) is 11.5. The van der Waals surface area contributed by atoms with E-state index >= 15 is 0 Å². The molecule has 0 radical (unpaired) electrons. The van der Waals surface area contributed by atoms with Gasteiger partial charge in [0.1, 0.15) is 11.5 Å². The molecule has 1 atom stereocenters. The van der Waals surface area contributed by atoms with Gasteiger partial charge in [0.25, 0.3) is 0 Å². The number of alkyl halides is 3. The van der Waals surface area contributed by atoms with Gasteiger partial charge in [-0.25, -0.2) is 9.98 Å². The van der Waals surface area contributed by atoms with E-state index < -0.39 is 23.3 Å². The maximum Gasteiger partial charge on any atom is 0.432 e. The topological polar surface area (TPSA) is 68.1 Å². The van der Waals surface area contributed by atoms with E-state index in [0.717, 1.165) is 46.9 Å². The molecule has 208 valence electrons. The van der Waals surface area contributed by atoms with Gasteiger partial charge in [-0.3, -0.25) is 9.59 Å². The SMILES string of the molecule is C=N/C(=N\C(=C)C(F)(F)F)SCCC1CC(=O)C(c2c(CC)cc(C)cc2CC)=C(OC(=O)C(C)(C)C)C1. The number of nitrogens with zero attached hydrogens (tertiary/aromatic N) is 2. The molecule has 0 saturated heterocycles. The largest absolute Gasteiger partial charge is 0.432 e. The average Bonchev–Trinajstić information content (AvgIpc) is 2.81. The van der Waals surface area contributed by atoms with Crippen LogP contribution in [0.5, 0.6) is 0 Å². The van der Waals surface area contributed by atoms with Crippen molar-refractivity contribution < 1.29 is 27.5 Å². The first kappa shape index (κ1) is 31.5. The molecule has 0 aliphatic heterocycles. The van der Waals surface area contributed by atoms with E-state index in [2.05, 4.69) is 35.4 Å². The molecule has 0 spiro atoms. The van der Waals surface area contributed by atoms with E-state index in [1.807, 2.05) is 20.8 Å². The second-order valence-electron chi connectivity index (χ2n) is 10.4. The maximum atomic E-state index is 13.6. The fourth-order valence-electron chi connectivity index (χ4n) is 4.23. The Bertz CT molecular complexity index is 1140. The Labute approximate surface area is 227 Å². The van der Waals surface area contributed by atoms with Gasteiger partial charge >= 0.3 is 12.1 Å². The van der Waals surface area contributed by atoms with Gasteiger partial charge in [0, 0.05) is 18.6 Å². The molecule has 0 aromatic heterocycles. The quantitative estimate of drug-likeness (QED) is 0.189. The van der Waals surface area contributed by atoms with Crippen LogP contribution in [0.2, 0.25) is 0 Å². The van der Waals surface area contributed by atoms with E-state index in [-0.39, 0.29) is 23.3 Å². The van der Waals surface area contributed by atoms with Crippen molar-refractivity contribution in [3.8, 4) is 0 Å². The number of amidine groups is 1. The number of halogens is 3. The summed E-state index contributed by atoms with van der Waals surface area (Å²) in [5, 5.41) is -0.134. The van der Waals surface area contributed by atoms with E-state index in [9.17, 15) is 22.8 Å². The van der Waals surface area contributed by atoms with Gasteiger partial charge in [-0.05, 0) is 76.3 Å². The first-order valence-electron chi connectivity index (χ1n) is 12.7. The van der Waals surface area contributed by atoms with Crippen LogP contribution in [0, 0.1) is 18.3 Å². The number of allylic oxidation sites excluding steroid dienone is 3. The molecule has 1 aromatic carbocycles. The smallest absolute Gasteiger partial charge is 0.430 e. The predicted molar refractivity (Wildman–Crippen MR) is 149 cm³/mol. The highest BCUT2D eigenvalue weighted by Crippen LogP contribution is 2.40. The summed E-state index contributed by atoms with van der Waals surface area (Å²) in [4.78, 5) is 33.5. The summed E-state index contributed by atoms with van der Waals surface area (Å²) >= 11 is 1.02. The zero-order chi connectivity index (χ0) is 28.8. The van der Waals surface area contributed by atoms with Crippen molar-refractivity contribution in [2.24, 2.45) is 21.3 Å². The molecule has 0 amide bonds. The molecule has 0 heterocycles. The highest BCUT2D eigenvalue weighted by atomic mass is 32.2. The maximum absolute atomic E-state index is 13.6. The summed E-state index contributed by atoms with van der Waals surface area (Å²) in [5.74, 6) is 0.0517. The number of hydrogen-bond donors (Lipinski definition) is 0. The van der Waals surface area contributed by atoms with Crippen LogP contribution in [-0.2, 0) is 27.2 Å². The molecule has 0 N–H and O–H groups in total. The van der Waals surface area contributed by atoms with Crippen LogP contribution >= 0.6 is 11.8 Å². The normalized spacial score (nSPS) is 17.0. The highest BCUT2D eigenvalue weighted by Gasteiger charge is 2.35. The number of aliphatic imine (C=N–C) groups is 2. The summed E-state index contributed by atoms with van der Waals surface area (Å²) in [6.07, 6.45) is -2.10. The summed E-state index contributed by atoms with van der Waals surface area (Å²) in [5.41, 5.74) is 2.48. The average molecular weight is 551 g/mol. The number of benzene rings is 1. The number of carbonyl (C=O) groups excluding carboxylic acids is 2. The number of aryl methyl sites for hydroxylation is 3. The van der Waals surface area contributed by atoms with E-state index in [1.165, 1.54) is 0 Å². The molecule has 9 heteroatoms. The van der Waals surface area contributed by atoms with Gasteiger partial charge in [-0.2, -0.15) is 13.2 Å². The minimum atomic E-state index is -4.65. The third kappa shape index (κ3) is 8.16. The van der Waals surface area contributed by atoms with Gasteiger partial charge < -0.3 is 4.74 Å². The van der Waals surface area contributed by atoms with E-state index in [4.69, 9.17) is 4.74 Å². The number of hydrogen-bond acceptors (Lipinski definition) is 5. The number of rotatable bonds is 8. The van der Waals surface area contributed by atoms with Crippen molar-refractivity contribution in [3.63, 3.8) is 0 Å². The lowest BCUT2D eigenvalue weighted by molar-refractivity contribution is -0.148. The molecule has 0 saturated carbocycles. The van der Waals surface area contributed by atoms with Gasteiger partial charge in [0.2, 0.25) is 0 Å². The van der Waals surface area contributed by atoms with Crippen molar-refractivity contribution in [1.82, 2.24) is 0 Å². The molecule has 0 bridgehead atoms. The number of carbonyl (C=O) groups is 2. The summed E-state index contributed by atoms with van der Waals surface area (Å²) in [7, 11) is 0. The van der Waals surface area contributed by atoms with Crippen molar-refractivity contribution in [2.75, 3.05) is 5.75 Å². The number of Topliss-reactive ketones (excluding diaryl/α,β-unsaturated/α-hetero) is 1. The third-order valence-electron chi connectivity index (χ3n) is 6.24. The molecule has 1 unspecified atom stereocenters. The Kier molecular flexibility index (Phi) is 10.7. The molecule has 2 rings (SSSR count). The van der Waals surface area contributed by atoms with Crippen molar-refractivity contribution >= 4 is 41.0 Å². The van der Waals surface area contributed by atoms with Gasteiger partial charge in [0.05, 0.1) is 11.0 Å². The van der Waals surface area contributed by atoms with Gasteiger partial charge in [-0.15, -0.1) is 0 Å². The van der Waals surface area contributed by atoms with Crippen LogP contribution in [0.15, 0.2) is 40.2 Å². The summed E-state index contributed by atoms with van der Waals surface area (Å²) in [6.45, 7) is 17.6. The van der Waals surface area contributed by atoms with Crippen LogP contribution in [0.25, 0.3) is 5.57 Å². The van der Waals surface area contributed by atoms with Crippen LogP contribution in [0.1, 0.15) is 76.1 Å². The Balaban J connectivity index is 2.41. The zero-order valence-electron chi connectivity index (χ0n) is 23.1.